The number of carboxylic acid groups (broad SMARTS) is 1. The first kappa shape index (κ1) is 31.1. The molecule has 0 aliphatic heterocycles. The lowest BCUT2D eigenvalue weighted by Crippen LogP contribution is -2.15. The summed E-state index contributed by atoms with van der Waals surface area (Å²) in [5.74, 6) is -0.988. The van der Waals surface area contributed by atoms with E-state index in [1.807, 2.05) is 0 Å². The molecule has 0 aromatic carbocycles. The van der Waals surface area contributed by atoms with Gasteiger partial charge in [0.25, 0.3) is 0 Å². The van der Waals surface area contributed by atoms with Crippen molar-refractivity contribution in [1.82, 2.24) is 0 Å². The molecule has 0 radical (unpaired) electrons. The van der Waals surface area contributed by atoms with Gasteiger partial charge in [-0.15, -0.1) is 0 Å². The van der Waals surface area contributed by atoms with Crippen molar-refractivity contribution in [3.05, 3.63) is 0 Å². The zero-order valence-electron chi connectivity index (χ0n) is 19.8. The fraction of sp³-hybridized carbons (Fsp3) is 0.955. The second-order valence-corrected chi connectivity index (χ2v) is 6.79. The van der Waals surface area contributed by atoms with Crippen molar-refractivity contribution in [1.29, 1.82) is 0 Å². The number of aliphatic carboxylic acids is 1. The molecule has 0 amide bonds. The molecule has 0 saturated heterocycles. The van der Waals surface area contributed by atoms with Crippen LogP contribution in [0.2, 0.25) is 0 Å². The summed E-state index contributed by atoms with van der Waals surface area (Å²) in [7, 11) is 0. The Morgan fingerprint density at radius 3 is 1.09 bits per heavy atom. The summed E-state index contributed by atoms with van der Waals surface area (Å²) in [6, 6.07) is 0. The zero-order valence-corrected chi connectivity index (χ0v) is 19.8. The fourth-order valence-electron chi connectivity index (χ4n) is 2.33. The number of rotatable bonds is 28. The van der Waals surface area contributed by atoms with E-state index >= 15 is 0 Å². The van der Waals surface area contributed by atoms with Crippen molar-refractivity contribution in [2.24, 2.45) is 0 Å². The molecule has 0 aliphatic carbocycles. The maximum absolute atomic E-state index is 10.2. The Labute approximate surface area is 192 Å². The molecule has 0 fully saturated rings. The lowest BCUT2D eigenvalue weighted by atomic mass is 10.2. The SMILES string of the molecule is CCCCCCOCCOCCOCCOCCOCCOCCOCCOCC(=O)O. The molecule has 10 heteroatoms. The van der Waals surface area contributed by atoms with Gasteiger partial charge in [-0.1, -0.05) is 26.2 Å². The van der Waals surface area contributed by atoms with Crippen LogP contribution in [0.15, 0.2) is 0 Å². The summed E-state index contributed by atoms with van der Waals surface area (Å²) in [5, 5.41) is 8.39. The predicted molar refractivity (Wildman–Crippen MR) is 118 cm³/mol. The Morgan fingerprint density at radius 2 is 0.781 bits per heavy atom. The minimum Gasteiger partial charge on any atom is -0.480 e. The Hall–Kier alpha value is -0.850. The normalized spacial score (nSPS) is 11.3. The molecule has 0 aromatic rings. The quantitative estimate of drug-likeness (QED) is 0.171. The van der Waals surface area contributed by atoms with Crippen LogP contribution < -0.4 is 0 Å². The number of ether oxygens (including phenoxy) is 8. The van der Waals surface area contributed by atoms with Crippen molar-refractivity contribution in [2.45, 2.75) is 32.6 Å². The third-order valence-electron chi connectivity index (χ3n) is 3.97. The fourth-order valence-corrected chi connectivity index (χ4v) is 2.33. The maximum Gasteiger partial charge on any atom is 0.329 e. The first-order chi connectivity index (χ1) is 15.8. The van der Waals surface area contributed by atoms with Gasteiger partial charge < -0.3 is 43.0 Å². The van der Waals surface area contributed by atoms with Gasteiger partial charge >= 0.3 is 5.97 Å². The van der Waals surface area contributed by atoms with E-state index in [0.29, 0.717) is 85.9 Å². The highest BCUT2D eigenvalue weighted by molar-refractivity contribution is 5.67. The van der Waals surface area contributed by atoms with Crippen LogP contribution in [0.5, 0.6) is 0 Å². The van der Waals surface area contributed by atoms with Crippen LogP contribution in [0.4, 0.5) is 0 Å². The molecule has 10 nitrogen and oxygen atoms in total. The highest BCUT2D eigenvalue weighted by atomic mass is 16.6. The molecule has 0 rings (SSSR count). The molecule has 32 heavy (non-hydrogen) atoms. The van der Waals surface area contributed by atoms with Crippen LogP contribution in [0, 0.1) is 0 Å². The van der Waals surface area contributed by atoms with Crippen LogP contribution in [0.1, 0.15) is 32.6 Å². The molecule has 0 saturated carbocycles. The number of unbranched alkanes of at least 4 members (excludes halogenated alkanes) is 3. The van der Waals surface area contributed by atoms with Crippen molar-refractivity contribution in [3.63, 3.8) is 0 Å². The minimum atomic E-state index is -0.988. The van der Waals surface area contributed by atoms with Crippen molar-refractivity contribution in [2.75, 3.05) is 106 Å². The molecule has 0 heterocycles. The second-order valence-electron chi connectivity index (χ2n) is 6.79. The van der Waals surface area contributed by atoms with Crippen molar-refractivity contribution in [3.8, 4) is 0 Å². The van der Waals surface area contributed by atoms with E-state index in [-0.39, 0.29) is 13.2 Å². The number of carbonyl (C=O) groups is 1. The molecule has 0 bridgehead atoms. The molecule has 0 aliphatic rings. The van der Waals surface area contributed by atoms with Crippen LogP contribution in [0.3, 0.4) is 0 Å². The Bertz CT molecular complexity index is 371. The molecule has 0 unspecified atom stereocenters. The first-order valence-electron chi connectivity index (χ1n) is 11.6. The Kier molecular flexibility index (Phi) is 27.4. The molecule has 0 spiro atoms. The van der Waals surface area contributed by atoms with Gasteiger partial charge in [0.05, 0.1) is 92.5 Å². The van der Waals surface area contributed by atoms with E-state index in [1.165, 1.54) is 19.3 Å². The van der Waals surface area contributed by atoms with Gasteiger partial charge in [-0.05, 0) is 6.42 Å². The highest BCUT2D eigenvalue weighted by Crippen LogP contribution is 1.98. The summed E-state index contributed by atoms with van der Waals surface area (Å²) in [5.41, 5.74) is 0. The van der Waals surface area contributed by atoms with E-state index in [4.69, 9.17) is 43.0 Å². The number of carboxylic acids is 1. The van der Waals surface area contributed by atoms with Crippen LogP contribution in [-0.2, 0) is 42.7 Å². The maximum atomic E-state index is 10.2. The zero-order chi connectivity index (χ0) is 23.4. The van der Waals surface area contributed by atoms with E-state index in [1.54, 1.807) is 0 Å². The third-order valence-corrected chi connectivity index (χ3v) is 3.97. The predicted octanol–water partition coefficient (Wildman–Crippen LogP) is 1.78. The van der Waals surface area contributed by atoms with Crippen LogP contribution in [0.25, 0.3) is 0 Å². The largest absolute Gasteiger partial charge is 0.480 e. The van der Waals surface area contributed by atoms with E-state index < -0.39 is 5.97 Å². The monoisotopic (exact) mass is 468 g/mol. The standard InChI is InChI=1S/C22H44O10/c1-2-3-4-5-6-25-7-8-26-9-10-27-11-12-28-13-14-29-15-16-30-17-18-31-19-20-32-21-22(23)24/h2-21H2,1H3,(H,23,24). The number of hydrogen-bond donors (Lipinski definition) is 1. The van der Waals surface area contributed by atoms with Crippen LogP contribution in [-0.4, -0.2) is 117 Å². The van der Waals surface area contributed by atoms with Crippen molar-refractivity contribution >= 4 is 5.97 Å². The van der Waals surface area contributed by atoms with Gasteiger partial charge in [-0.25, -0.2) is 4.79 Å². The molecule has 0 aromatic heterocycles. The molecule has 192 valence electrons. The summed E-state index contributed by atoms with van der Waals surface area (Å²) < 4.78 is 42.6. The van der Waals surface area contributed by atoms with E-state index in [0.717, 1.165) is 13.0 Å². The second kappa shape index (κ2) is 28.2. The van der Waals surface area contributed by atoms with Gasteiger partial charge in [0.15, 0.2) is 0 Å². The molecule has 1 N–H and O–H groups in total. The van der Waals surface area contributed by atoms with Gasteiger partial charge in [-0.2, -0.15) is 0 Å². The highest BCUT2D eigenvalue weighted by Gasteiger charge is 1.97. The topological polar surface area (TPSA) is 111 Å². The average molecular weight is 469 g/mol. The summed E-state index contributed by atoms with van der Waals surface area (Å²) >= 11 is 0. The lowest BCUT2D eigenvalue weighted by Gasteiger charge is -2.08. The Morgan fingerprint density at radius 1 is 0.469 bits per heavy atom. The van der Waals surface area contributed by atoms with E-state index in [9.17, 15) is 4.79 Å². The smallest absolute Gasteiger partial charge is 0.329 e. The van der Waals surface area contributed by atoms with E-state index in [2.05, 4.69) is 6.92 Å². The first-order valence-corrected chi connectivity index (χ1v) is 11.6. The van der Waals surface area contributed by atoms with Crippen LogP contribution >= 0.6 is 0 Å². The molecular formula is C22H44O10. The summed E-state index contributed by atoms with van der Waals surface area (Å²) in [6.45, 7) is 9.56. The summed E-state index contributed by atoms with van der Waals surface area (Å²) in [4.78, 5) is 10.2. The molecule has 0 atom stereocenters. The van der Waals surface area contributed by atoms with Gasteiger partial charge in [0.2, 0.25) is 0 Å². The third kappa shape index (κ3) is 29.1. The number of hydrogen-bond acceptors (Lipinski definition) is 9. The molecular weight excluding hydrogens is 424 g/mol. The minimum absolute atomic E-state index is 0.253. The summed E-state index contributed by atoms with van der Waals surface area (Å²) in [6.07, 6.45) is 4.88. The van der Waals surface area contributed by atoms with Gasteiger partial charge in [-0.3, -0.25) is 0 Å². The average Bonchev–Trinajstić information content (AvgIpc) is 2.78. The van der Waals surface area contributed by atoms with Gasteiger partial charge in [0.1, 0.15) is 6.61 Å². The lowest BCUT2D eigenvalue weighted by molar-refractivity contribution is -0.142. The van der Waals surface area contributed by atoms with Crippen molar-refractivity contribution < 1.29 is 47.8 Å². The Balaban J connectivity index is 3.00. The van der Waals surface area contributed by atoms with Gasteiger partial charge in [0, 0.05) is 6.61 Å².